The van der Waals surface area contributed by atoms with Crippen LogP contribution in [0.1, 0.15) is 108 Å². The normalized spacial score (nSPS) is 20.7. The van der Waals surface area contributed by atoms with Gasteiger partial charge in [-0.05, 0) is 110 Å². The van der Waals surface area contributed by atoms with E-state index in [1.807, 2.05) is 43.3 Å². The third-order valence-electron chi connectivity index (χ3n) is 10.3. The van der Waals surface area contributed by atoms with Gasteiger partial charge in [0.25, 0.3) is 0 Å². The molecule has 0 aromatic heterocycles. The predicted molar refractivity (Wildman–Crippen MR) is 180 cm³/mol. The van der Waals surface area contributed by atoms with Crippen molar-refractivity contribution in [3.8, 4) is 22.3 Å². The summed E-state index contributed by atoms with van der Waals surface area (Å²) in [5.41, 5.74) is 4.75. The zero-order valence-electron chi connectivity index (χ0n) is 26.7. The Bertz CT molecular complexity index is 1420. The molecule has 2 aliphatic rings. The molecule has 5 rings (SSSR count). The molecule has 3 aromatic rings. The average molecular weight is 599 g/mol. The Labute approximate surface area is 263 Å². The van der Waals surface area contributed by atoms with Crippen molar-refractivity contribution in [2.45, 2.75) is 104 Å². The number of allylic oxidation sites excluding steroid dienone is 4. The van der Waals surface area contributed by atoms with E-state index in [9.17, 15) is 8.78 Å². The molecule has 1 atom stereocenters. The Morgan fingerprint density at radius 1 is 0.727 bits per heavy atom. The van der Waals surface area contributed by atoms with Crippen LogP contribution < -0.4 is 0 Å². The second-order valence-corrected chi connectivity index (χ2v) is 13.2. The number of benzene rings is 3. The van der Waals surface area contributed by atoms with Crippen LogP contribution in [0.3, 0.4) is 0 Å². The van der Waals surface area contributed by atoms with E-state index >= 15 is 4.39 Å². The highest BCUT2D eigenvalue weighted by Crippen LogP contribution is 2.43. The van der Waals surface area contributed by atoms with Gasteiger partial charge >= 0.3 is 0 Å². The number of aryl methyl sites for hydroxylation is 1. The van der Waals surface area contributed by atoms with Gasteiger partial charge in [-0.1, -0.05) is 112 Å². The number of hydrogen-bond acceptors (Lipinski definition) is 0. The quantitative estimate of drug-likeness (QED) is 0.144. The fourth-order valence-electron chi connectivity index (χ4n) is 7.54. The van der Waals surface area contributed by atoms with Crippen LogP contribution in [0.25, 0.3) is 27.8 Å². The van der Waals surface area contributed by atoms with Gasteiger partial charge in [-0.25, -0.2) is 13.2 Å². The largest absolute Gasteiger partial charge is 0.206 e. The lowest BCUT2D eigenvalue weighted by Gasteiger charge is -2.35. The molecule has 3 heteroatoms. The molecule has 1 unspecified atom stereocenters. The zero-order valence-corrected chi connectivity index (χ0v) is 26.7. The molecule has 1 fully saturated rings. The molecular weight excluding hydrogens is 549 g/mol. The van der Waals surface area contributed by atoms with Gasteiger partial charge in [0.1, 0.15) is 5.82 Å². The molecule has 1 saturated carbocycles. The smallest absolute Gasteiger partial charge is 0.166 e. The van der Waals surface area contributed by atoms with E-state index in [4.69, 9.17) is 0 Å². The first kappa shape index (κ1) is 32.3. The Balaban J connectivity index is 1.19. The van der Waals surface area contributed by atoms with Crippen LogP contribution in [-0.2, 0) is 6.42 Å². The summed E-state index contributed by atoms with van der Waals surface area (Å²) < 4.78 is 45.2. The lowest BCUT2D eigenvalue weighted by Crippen LogP contribution is -2.23. The molecule has 0 heterocycles. The number of hydrogen-bond donors (Lipinski definition) is 0. The molecule has 0 radical (unpaired) electrons. The molecule has 0 aliphatic heterocycles. The van der Waals surface area contributed by atoms with Gasteiger partial charge in [-0.2, -0.15) is 0 Å². The molecule has 234 valence electrons. The SMILES string of the molecule is CC=CCCCc1ccc(-c2ccc(-c3ccc(C4=CCC(C5CCC(CCCCC)CC5)CC4)c(F)c3)cc2)c(F)c1F. The Kier molecular flexibility index (Phi) is 11.6. The van der Waals surface area contributed by atoms with E-state index in [0.717, 1.165) is 66.6 Å². The summed E-state index contributed by atoms with van der Waals surface area (Å²) >= 11 is 0. The third kappa shape index (κ3) is 7.95. The molecule has 2 aliphatic carbocycles. The second kappa shape index (κ2) is 15.8. The maximum absolute atomic E-state index is 15.4. The molecule has 0 bridgehead atoms. The van der Waals surface area contributed by atoms with Crippen LogP contribution in [0.15, 0.2) is 72.8 Å². The summed E-state index contributed by atoms with van der Waals surface area (Å²) in [5.74, 6) is 0.751. The molecule has 44 heavy (non-hydrogen) atoms. The first-order chi connectivity index (χ1) is 21.5. The van der Waals surface area contributed by atoms with Crippen LogP contribution in [-0.4, -0.2) is 0 Å². The molecule has 0 saturated heterocycles. The van der Waals surface area contributed by atoms with Gasteiger partial charge in [0.15, 0.2) is 11.6 Å². The minimum absolute atomic E-state index is 0.193. The van der Waals surface area contributed by atoms with Crippen molar-refractivity contribution in [2.75, 3.05) is 0 Å². The average Bonchev–Trinajstić information content (AvgIpc) is 3.06. The van der Waals surface area contributed by atoms with Crippen molar-refractivity contribution < 1.29 is 13.2 Å². The Morgan fingerprint density at radius 2 is 1.45 bits per heavy atom. The van der Waals surface area contributed by atoms with Crippen molar-refractivity contribution in [2.24, 2.45) is 17.8 Å². The van der Waals surface area contributed by atoms with Crippen molar-refractivity contribution in [1.82, 2.24) is 0 Å². The van der Waals surface area contributed by atoms with Gasteiger partial charge in [0.05, 0.1) is 0 Å². The number of rotatable bonds is 12. The van der Waals surface area contributed by atoms with Crippen molar-refractivity contribution in [1.29, 1.82) is 0 Å². The van der Waals surface area contributed by atoms with Gasteiger partial charge in [0.2, 0.25) is 0 Å². The first-order valence-corrected chi connectivity index (χ1v) is 17.2. The van der Waals surface area contributed by atoms with Crippen molar-refractivity contribution in [3.05, 3.63) is 101 Å². The molecule has 0 amide bonds. The molecule has 0 N–H and O–H groups in total. The van der Waals surface area contributed by atoms with Gasteiger partial charge in [-0.3, -0.25) is 0 Å². The molecule has 0 nitrogen and oxygen atoms in total. The number of unbranched alkanes of at least 4 members (excludes halogenated alkanes) is 3. The fourth-order valence-corrected chi connectivity index (χ4v) is 7.54. The summed E-state index contributed by atoms with van der Waals surface area (Å²) in [6.07, 6.45) is 22.6. The van der Waals surface area contributed by atoms with Gasteiger partial charge in [0, 0.05) is 11.1 Å². The topological polar surface area (TPSA) is 0 Å². The highest BCUT2D eigenvalue weighted by atomic mass is 19.2. The van der Waals surface area contributed by atoms with E-state index in [-0.39, 0.29) is 11.4 Å². The summed E-state index contributed by atoms with van der Waals surface area (Å²) in [6.45, 7) is 4.24. The monoisotopic (exact) mass is 598 g/mol. The van der Waals surface area contributed by atoms with Crippen LogP contribution in [0.5, 0.6) is 0 Å². The molecule has 0 spiro atoms. The van der Waals surface area contributed by atoms with Crippen LogP contribution in [0, 0.1) is 35.2 Å². The first-order valence-electron chi connectivity index (χ1n) is 17.2. The standard InChI is InChI=1S/C41H49F3/c1-3-5-7-9-11-35-24-27-38(41(44)40(35)43)34-22-18-32(19-23-34)36-25-26-37(39(42)28-36)33-20-16-31(17-21-33)30-14-12-29(13-15-30)10-8-6-4-2/h3,5,18-20,22-31H,4,6-17,21H2,1-2H3. The predicted octanol–water partition coefficient (Wildman–Crippen LogP) is 12.9. The lowest BCUT2D eigenvalue weighted by atomic mass is 9.70. The Morgan fingerprint density at radius 3 is 2.14 bits per heavy atom. The van der Waals surface area contributed by atoms with E-state index in [0.29, 0.717) is 23.1 Å². The van der Waals surface area contributed by atoms with Crippen molar-refractivity contribution >= 4 is 5.57 Å². The highest BCUT2D eigenvalue weighted by Gasteiger charge is 2.29. The van der Waals surface area contributed by atoms with Crippen LogP contribution >= 0.6 is 0 Å². The van der Waals surface area contributed by atoms with E-state index < -0.39 is 11.6 Å². The van der Waals surface area contributed by atoms with Gasteiger partial charge < -0.3 is 0 Å². The maximum Gasteiger partial charge on any atom is 0.166 e. The summed E-state index contributed by atoms with van der Waals surface area (Å²) in [7, 11) is 0. The highest BCUT2D eigenvalue weighted by molar-refractivity contribution is 5.74. The van der Waals surface area contributed by atoms with E-state index in [2.05, 4.69) is 13.0 Å². The number of halogens is 3. The fraction of sp³-hybridized carbons (Fsp3) is 0.463. The Hall–Kier alpha value is -3.07. The summed E-state index contributed by atoms with van der Waals surface area (Å²) in [6, 6.07) is 16.1. The van der Waals surface area contributed by atoms with E-state index in [1.165, 1.54) is 51.4 Å². The zero-order chi connectivity index (χ0) is 30.9. The third-order valence-corrected chi connectivity index (χ3v) is 10.3. The summed E-state index contributed by atoms with van der Waals surface area (Å²) in [4.78, 5) is 0. The van der Waals surface area contributed by atoms with E-state index in [1.54, 1.807) is 30.3 Å². The summed E-state index contributed by atoms with van der Waals surface area (Å²) in [5, 5.41) is 0. The maximum atomic E-state index is 15.4. The molecular formula is C41H49F3. The molecule has 3 aromatic carbocycles. The van der Waals surface area contributed by atoms with Crippen LogP contribution in [0.2, 0.25) is 0 Å². The minimum atomic E-state index is -0.810. The van der Waals surface area contributed by atoms with Crippen molar-refractivity contribution in [3.63, 3.8) is 0 Å². The van der Waals surface area contributed by atoms with Gasteiger partial charge in [-0.15, -0.1) is 0 Å². The lowest BCUT2D eigenvalue weighted by molar-refractivity contribution is 0.187. The minimum Gasteiger partial charge on any atom is -0.206 e. The van der Waals surface area contributed by atoms with Crippen LogP contribution in [0.4, 0.5) is 13.2 Å². The second-order valence-electron chi connectivity index (χ2n) is 13.2.